The molecule has 2 N–H and O–H groups in total. The second-order valence-corrected chi connectivity index (χ2v) is 10.3. The molecule has 4 aromatic rings. The van der Waals surface area contributed by atoms with E-state index in [9.17, 15) is 4.79 Å². The lowest BCUT2D eigenvalue weighted by molar-refractivity contribution is 0.252. The Hall–Kier alpha value is -3.13. The van der Waals surface area contributed by atoms with E-state index in [1.165, 1.54) is 38.4 Å². The Morgan fingerprint density at radius 2 is 1.80 bits per heavy atom. The fraction of sp³-hybridized carbons (Fsp3) is 0.519. The van der Waals surface area contributed by atoms with Gasteiger partial charge in [-0.2, -0.15) is 5.10 Å². The largest absolute Gasteiger partial charge is 0.493 e. The van der Waals surface area contributed by atoms with Crippen molar-refractivity contribution in [3.05, 3.63) is 46.8 Å². The number of hydrogen-bond donors (Lipinski definition) is 2. The Kier molecular flexibility index (Phi) is 5.84. The van der Waals surface area contributed by atoms with Crippen LogP contribution in [0.15, 0.2) is 35.5 Å². The highest BCUT2D eigenvalue weighted by Crippen LogP contribution is 2.34. The van der Waals surface area contributed by atoms with Crippen molar-refractivity contribution in [3.8, 4) is 16.9 Å². The zero-order valence-corrected chi connectivity index (χ0v) is 20.6. The van der Waals surface area contributed by atoms with E-state index in [4.69, 9.17) is 4.74 Å². The van der Waals surface area contributed by atoms with E-state index in [-0.39, 0.29) is 11.7 Å². The predicted molar refractivity (Wildman–Crippen MR) is 137 cm³/mol. The smallest absolute Gasteiger partial charge is 0.326 e. The van der Waals surface area contributed by atoms with E-state index < -0.39 is 0 Å². The summed E-state index contributed by atoms with van der Waals surface area (Å²) in [4.78, 5) is 20.5. The van der Waals surface area contributed by atoms with Gasteiger partial charge in [0.25, 0.3) is 0 Å². The number of benzene rings is 1. The molecule has 0 atom stereocenters. The number of methoxy groups -OCH3 is 1. The van der Waals surface area contributed by atoms with Gasteiger partial charge in [0.1, 0.15) is 6.33 Å². The molecule has 2 aliphatic carbocycles. The number of H-pyrrole nitrogens is 1. The lowest BCUT2D eigenvalue weighted by Crippen LogP contribution is -2.42. The van der Waals surface area contributed by atoms with Gasteiger partial charge in [0.2, 0.25) is 0 Å². The van der Waals surface area contributed by atoms with E-state index in [1.807, 2.05) is 16.8 Å². The summed E-state index contributed by atoms with van der Waals surface area (Å²) in [5.41, 5.74) is 5.67. The van der Waals surface area contributed by atoms with Crippen LogP contribution in [0.5, 0.6) is 5.75 Å². The minimum atomic E-state index is -0.00968. The van der Waals surface area contributed by atoms with Gasteiger partial charge < -0.3 is 15.0 Å². The van der Waals surface area contributed by atoms with Crippen molar-refractivity contribution in [2.75, 3.05) is 7.11 Å². The Morgan fingerprint density at radius 1 is 1.03 bits per heavy atom. The molecule has 35 heavy (non-hydrogen) atoms. The van der Waals surface area contributed by atoms with Crippen LogP contribution in [-0.2, 0) is 0 Å². The fourth-order valence-corrected chi connectivity index (χ4v) is 6.25. The highest BCUT2D eigenvalue weighted by atomic mass is 16.5. The minimum Gasteiger partial charge on any atom is -0.493 e. The zero-order valence-electron chi connectivity index (χ0n) is 20.6. The number of imidazole rings is 1. The highest BCUT2D eigenvalue weighted by molar-refractivity contribution is 5.85. The van der Waals surface area contributed by atoms with Gasteiger partial charge >= 0.3 is 5.69 Å². The summed E-state index contributed by atoms with van der Waals surface area (Å²) in [6, 6.07) is 7.73. The number of hydrogen-bond acceptors (Lipinski definition) is 5. The molecule has 0 amide bonds. The summed E-state index contributed by atoms with van der Waals surface area (Å²) < 4.78 is 9.28. The summed E-state index contributed by atoms with van der Waals surface area (Å²) in [5, 5.41) is 8.20. The number of aromatic nitrogens is 5. The lowest BCUT2D eigenvalue weighted by atomic mass is 9.88. The topological polar surface area (TPSA) is 89.2 Å². The van der Waals surface area contributed by atoms with Crippen molar-refractivity contribution in [2.24, 2.45) is 0 Å². The van der Waals surface area contributed by atoms with E-state index in [2.05, 4.69) is 39.4 Å². The molecule has 0 saturated heterocycles. The first-order chi connectivity index (χ1) is 17.1. The first kappa shape index (κ1) is 22.3. The maximum atomic E-state index is 13.1. The second kappa shape index (κ2) is 9.15. The Morgan fingerprint density at radius 3 is 2.57 bits per heavy atom. The molecule has 0 aliphatic heterocycles. The standard InChI is InChI=1S/C27H34N6O2/c1-17-12-24-23(14-22(17)18-13-25(35-2)26-28-16-29-32(26)15-18)31-27(34)33(24)21-10-8-20(9-11-21)30-19-6-4-3-5-7-19/h12-16,19-21,30H,3-11H2,1-2H3,(H,31,34). The average molecular weight is 475 g/mol. The SMILES string of the molecule is COc1cc(-c2cc3[nH]c(=O)n(C4CCC(NC5CCCCC5)CC4)c3cc2C)cn2ncnc12. The highest BCUT2D eigenvalue weighted by Gasteiger charge is 2.27. The summed E-state index contributed by atoms with van der Waals surface area (Å²) >= 11 is 0. The molecule has 184 valence electrons. The molecule has 2 aliphatic rings. The maximum Gasteiger partial charge on any atom is 0.326 e. The van der Waals surface area contributed by atoms with Crippen LogP contribution in [0.4, 0.5) is 0 Å². The maximum absolute atomic E-state index is 13.1. The second-order valence-electron chi connectivity index (χ2n) is 10.3. The van der Waals surface area contributed by atoms with Crippen molar-refractivity contribution in [2.45, 2.75) is 82.8 Å². The summed E-state index contributed by atoms with van der Waals surface area (Å²) in [6.45, 7) is 2.10. The third-order valence-corrected chi connectivity index (χ3v) is 8.07. The van der Waals surface area contributed by atoms with Crippen LogP contribution >= 0.6 is 0 Å². The molecule has 0 radical (unpaired) electrons. The van der Waals surface area contributed by atoms with E-state index >= 15 is 0 Å². The number of aromatic amines is 1. The van der Waals surface area contributed by atoms with Crippen molar-refractivity contribution in [1.82, 2.24) is 29.5 Å². The Labute approximate surface area is 204 Å². The number of nitrogens with zero attached hydrogens (tertiary/aromatic N) is 4. The molecule has 2 saturated carbocycles. The molecule has 0 bridgehead atoms. The van der Waals surface area contributed by atoms with Crippen LogP contribution in [0.1, 0.15) is 69.4 Å². The first-order valence-electron chi connectivity index (χ1n) is 13.0. The molecule has 0 spiro atoms. The summed E-state index contributed by atoms with van der Waals surface area (Å²) in [7, 11) is 1.64. The van der Waals surface area contributed by atoms with Crippen LogP contribution in [0.2, 0.25) is 0 Å². The third kappa shape index (κ3) is 4.14. The summed E-state index contributed by atoms with van der Waals surface area (Å²) in [6.07, 6.45) is 14.6. The van der Waals surface area contributed by atoms with Crippen molar-refractivity contribution in [1.29, 1.82) is 0 Å². The molecule has 8 heteroatoms. The fourth-order valence-electron chi connectivity index (χ4n) is 6.25. The number of pyridine rings is 1. The van der Waals surface area contributed by atoms with E-state index in [0.717, 1.165) is 53.4 Å². The lowest BCUT2D eigenvalue weighted by Gasteiger charge is -2.34. The van der Waals surface area contributed by atoms with Gasteiger partial charge in [-0.25, -0.2) is 14.3 Å². The summed E-state index contributed by atoms with van der Waals surface area (Å²) in [5.74, 6) is 0.671. The molecular formula is C27H34N6O2. The van der Waals surface area contributed by atoms with Gasteiger partial charge in [-0.15, -0.1) is 0 Å². The third-order valence-electron chi connectivity index (χ3n) is 8.07. The van der Waals surface area contributed by atoms with E-state index in [1.54, 1.807) is 11.6 Å². The van der Waals surface area contributed by atoms with Crippen molar-refractivity contribution in [3.63, 3.8) is 0 Å². The Bertz CT molecular complexity index is 1400. The van der Waals surface area contributed by atoms with Gasteiger partial charge in [0.15, 0.2) is 11.4 Å². The molecular weight excluding hydrogens is 440 g/mol. The minimum absolute atomic E-state index is 0.00968. The molecule has 8 nitrogen and oxygen atoms in total. The van der Waals surface area contributed by atoms with Gasteiger partial charge in [0, 0.05) is 29.9 Å². The number of fused-ring (bicyclic) bond motifs is 2. The molecule has 1 aromatic carbocycles. The first-order valence-corrected chi connectivity index (χ1v) is 13.0. The molecule has 2 fully saturated rings. The predicted octanol–water partition coefficient (Wildman–Crippen LogP) is 4.76. The van der Waals surface area contributed by atoms with Crippen molar-refractivity contribution < 1.29 is 4.74 Å². The van der Waals surface area contributed by atoms with Crippen LogP contribution < -0.4 is 15.7 Å². The van der Waals surface area contributed by atoms with Gasteiger partial charge in [-0.3, -0.25) is 4.57 Å². The van der Waals surface area contributed by atoms with Gasteiger partial charge in [-0.05, 0) is 74.8 Å². The van der Waals surface area contributed by atoms with Gasteiger partial charge in [-0.1, -0.05) is 19.3 Å². The van der Waals surface area contributed by atoms with Crippen LogP contribution in [-0.4, -0.2) is 43.3 Å². The number of aryl methyl sites for hydroxylation is 1. The number of nitrogens with one attached hydrogen (secondary N) is 2. The molecule has 3 aromatic heterocycles. The quantitative estimate of drug-likeness (QED) is 0.435. The van der Waals surface area contributed by atoms with Gasteiger partial charge in [0.05, 0.1) is 18.1 Å². The molecule has 0 unspecified atom stereocenters. The van der Waals surface area contributed by atoms with Crippen LogP contribution in [0.3, 0.4) is 0 Å². The normalized spacial score (nSPS) is 21.7. The number of ether oxygens (including phenoxy) is 1. The Balaban J connectivity index is 1.27. The molecule has 6 rings (SSSR count). The number of rotatable bonds is 5. The monoisotopic (exact) mass is 474 g/mol. The molecule has 3 heterocycles. The average Bonchev–Trinajstić information content (AvgIpc) is 3.47. The van der Waals surface area contributed by atoms with Crippen LogP contribution in [0, 0.1) is 6.92 Å². The van der Waals surface area contributed by atoms with E-state index in [0.29, 0.717) is 23.5 Å². The van der Waals surface area contributed by atoms with Crippen molar-refractivity contribution >= 4 is 16.7 Å². The van der Waals surface area contributed by atoms with Crippen LogP contribution in [0.25, 0.3) is 27.8 Å². The zero-order chi connectivity index (χ0) is 23.9.